The van der Waals surface area contributed by atoms with Crippen molar-refractivity contribution in [2.45, 2.75) is 131 Å². The normalized spacial score (nSPS) is 17.2. The zero-order valence-corrected chi connectivity index (χ0v) is 36.8. The fourth-order valence-electron chi connectivity index (χ4n) is 4.22. The average Bonchev–Trinajstić information content (AvgIpc) is 2.29. The molecule has 0 aromatic heterocycles. The Morgan fingerprint density at radius 3 is 0.568 bits per heavy atom. The van der Waals surface area contributed by atoms with Gasteiger partial charge >= 0.3 is 35.0 Å². The maximum atomic E-state index is 6.91. The van der Waals surface area contributed by atoms with E-state index in [-0.39, 0.29) is 0 Å². The number of hydrogen-bond acceptors (Lipinski definition) is 8. The fourth-order valence-corrected chi connectivity index (χ4v) is 41.7. The van der Waals surface area contributed by atoms with Gasteiger partial charge in [-0.15, -0.1) is 0 Å². The van der Waals surface area contributed by atoms with Gasteiger partial charge in [0.2, 0.25) is 0 Å². The molecule has 1 unspecified atom stereocenters. The molecule has 0 radical (unpaired) electrons. The molecule has 0 saturated carbocycles. The minimum atomic E-state index is -3.28. The van der Waals surface area contributed by atoms with Crippen LogP contribution in [-0.2, 0) is 32.9 Å². The van der Waals surface area contributed by atoms with Crippen LogP contribution in [-0.4, -0.2) is 76.6 Å². The largest absolute Gasteiger partial charge is 0.470 e. The molecular weight excluding hydrogens is 621 g/mol. The predicted octanol–water partition coefficient (Wildman–Crippen LogP) is 7.70. The van der Waals surface area contributed by atoms with Crippen LogP contribution < -0.4 is 0 Å². The summed E-state index contributed by atoms with van der Waals surface area (Å²) in [5.74, 6) is 0. The van der Waals surface area contributed by atoms with Gasteiger partial charge in [-0.25, -0.2) is 0 Å². The van der Waals surface area contributed by atoms with Crippen molar-refractivity contribution >= 4 is 76.6 Å². The van der Waals surface area contributed by atoms with Crippen LogP contribution in [0, 0.1) is 0 Å². The molecule has 0 aliphatic carbocycles. The Bertz CT molecular complexity index is 705. The van der Waals surface area contributed by atoms with Crippen molar-refractivity contribution in [2.24, 2.45) is 0 Å². The van der Waals surface area contributed by atoms with E-state index in [0.29, 0.717) is 0 Å². The lowest BCUT2D eigenvalue weighted by molar-refractivity contribution is 0.165. The van der Waals surface area contributed by atoms with E-state index >= 15 is 0 Å². The molecule has 0 aliphatic heterocycles. The van der Waals surface area contributed by atoms with Crippen LogP contribution in [0.5, 0.6) is 0 Å². The van der Waals surface area contributed by atoms with Gasteiger partial charge in [0.1, 0.15) is 0 Å². The number of hydrogen-bond donors (Lipinski definition) is 0. The highest BCUT2D eigenvalue weighted by molar-refractivity contribution is 6.93. The van der Waals surface area contributed by atoms with Crippen LogP contribution in [0.1, 0.15) is 0 Å². The minimum absolute atomic E-state index is 1.95. The van der Waals surface area contributed by atoms with E-state index in [1.165, 1.54) is 0 Å². The van der Waals surface area contributed by atoms with Gasteiger partial charge < -0.3 is 32.9 Å². The Labute approximate surface area is 239 Å². The van der Waals surface area contributed by atoms with Crippen LogP contribution in [0.2, 0.25) is 131 Å². The Balaban J connectivity index is 6.43. The first-order valence-corrected chi connectivity index (χ1v) is 39.8. The Morgan fingerprint density at radius 1 is 0.216 bits per heavy atom. The molecule has 0 fully saturated rings. The van der Waals surface area contributed by atoms with Gasteiger partial charge in [0.15, 0.2) is 41.6 Å². The molecule has 0 aliphatic rings. The maximum absolute atomic E-state index is 6.91. The molecule has 224 valence electrons. The first-order chi connectivity index (χ1) is 15.7. The number of rotatable bonds is 16. The third kappa shape index (κ3) is 19.4. The van der Waals surface area contributed by atoms with E-state index in [9.17, 15) is 0 Å². The first-order valence-electron chi connectivity index (χ1n) is 13.3. The highest BCUT2D eigenvalue weighted by Crippen LogP contribution is 2.32. The topological polar surface area (TPSA) is 73.8 Å². The van der Waals surface area contributed by atoms with Gasteiger partial charge in [-0.3, -0.25) is 0 Å². The molecule has 0 saturated heterocycles. The highest BCUT2D eigenvalue weighted by Gasteiger charge is 2.57. The van der Waals surface area contributed by atoms with Crippen LogP contribution in [0.3, 0.4) is 0 Å². The summed E-state index contributed by atoms with van der Waals surface area (Å²) in [6.45, 7) is 42.5. The summed E-state index contributed by atoms with van der Waals surface area (Å²) < 4.78 is 54.0. The van der Waals surface area contributed by atoms with Crippen LogP contribution >= 0.6 is 0 Å². The van der Waals surface area contributed by atoms with E-state index in [1.54, 1.807) is 0 Å². The third-order valence-corrected chi connectivity index (χ3v) is 33.2. The summed E-state index contributed by atoms with van der Waals surface area (Å²) >= 11 is 0. The molecule has 17 heteroatoms. The third-order valence-electron chi connectivity index (χ3n) is 3.69. The second-order valence-corrected chi connectivity index (χ2v) is 51.0. The molecule has 0 N–H and O–H groups in total. The van der Waals surface area contributed by atoms with Gasteiger partial charge in [0, 0.05) is 19.6 Å². The van der Waals surface area contributed by atoms with Crippen molar-refractivity contribution in [3.8, 4) is 0 Å². The molecule has 0 heterocycles. The van der Waals surface area contributed by atoms with E-state index in [4.69, 9.17) is 32.9 Å². The Morgan fingerprint density at radius 2 is 0.378 bits per heavy atom. The molecule has 0 bridgehead atoms. The van der Waals surface area contributed by atoms with Crippen LogP contribution in [0.4, 0.5) is 0 Å². The maximum Gasteiger partial charge on any atom is 0.470 e. The van der Waals surface area contributed by atoms with Crippen LogP contribution in [0.25, 0.3) is 0 Å². The molecule has 0 spiro atoms. The van der Waals surface area contributed by atoms with Gasteiger partial charge in [-0.05, 0) is 111 Å². The second-order valence-electron chi connectivity index (χ2n) is 15.4. The van der Waals surface area contributed by atoms with Crippen molar-refractivity contribution in [3.63, 3.8) is 0 Å². The second kappa shape index (κ2) is 12.5. The quantitative estimate of drug-likeness (QED) is 0.154. The Kier molecular flexibility index (Phi) is 13.0. The molecule has 8 nitrogen and oxygen atoms in total. The van der Waals surface area contributed by atoms with Crippen molar-refractivity contribution in [3.05, 3.63) is 0 Å². The summed E-state index contributed by atoms with van der Waals surface area (Å²) in [5.41, 5.74) is 0. The highest BCUT2D eigenvalue weighted by atomic mass is 28.6. The van der Waals surface area contributed by atoms with Gasteiger partial charge in [0.05, 0.1) is 0 Å². The molecule has 37 heavy (non-hydrogen) atoms. The molecule has 1 atom stereocenters. The smallest absolute Gasteiger partial charge is 0.417 e. The zero-order valence-electron chi connectivity index (χ0n) is 27.8. The van der Waals surface area contributed by atoms with Crippen molar-refractivity contribution in [1.29, 1.82) is 0 Å². The standard InChI is InChI=1S/C20H60O8Si9/c1-29(2,3)21-35(18,22-30(4,5)6)26-34(16,17)27-37(20,25-33(13,14)15)28-36(19,23-31(7,8)9)24-32(10,11)12/h1-20H3. The van der Waals surface area contributed by atoms with E-state index < -0.39 is 76.6 Å². The zero-order chi connectivity index (χ0) is 30.2. The molecule has 0 aromatic carbocycles. The predicted molar refractivity (Wildman–Crippen MR) is 178 cm³/mol. The Hall–Kier alpha value is 1.63. The molecular formula is C20H60O8Si9. The molecule has 0 rings (SSSR count). The molecule has 0 aromatic rings. The molecule has 0 amide bonds. The van der Waals surface area contributed by atoms with Crippen LogP contribution in [0.15, 0.2) is 0 Å². The summed E-state index contributed by atoms with van der Waals surface area (Å²) in [7, 11) is -22.2. The van der Waals surface area contributed by atoms with Crippen molar-refractivity contribution in [2.75, 3.05) is 0 Å². The fraction of sp³-hybridized carbons (Fsp3) is 1.00. The lowest BCUT2D eigenvalue weighted by atomic mass is 11.8. The summed E-state index contributed by atoms with van der Waals surface area (Å²) in [6.07, 6.45) is 0. The van der Waals surface area contributed by atoms with E-state index in [1.807, 2.05) is 32.7 Å². The van der Waals surface area contributed by atoms with Gasteiger partial charge in [-0.2, -0.15) is 0 Å². The van der Waals surface area contributed by atoms with Gasteiger partial charge in [-0.1, -0.05) is 0 Å². The summed E-state index contributed by atoms with van der Waals surface area (Å²) in [4.78, 5) is 0. The first kappa shape index (κ1) is 38.6. The minimum Gasteiger partial charge on any atom is -0.417 e. The van der Waals surface area contributed by atoms with Gasteiger partial charge in [0.25, 0.3) is 0 Å². The monoisotopic (exact) mass is 680 g/mol. The summed E-state index contributed by atoms with van der Waals surface area (Å²) in [5, 5.41) is 0. The lowest BCUT2D eigenvalue weighted by Gasteiger charge is -2.46. The van der Waals surface area contributed by atoms with E-state index in [0.717, 1.165) is 0 Å². The summed E-state index contributed by atoms with van der Waals surface area (Å²) in [6, 6.07) is 0. The SMILES string of the molecule is C[Si](C)(C)O[Si](C)(O[Si](C)(C)C)O[Si](C)(C)O[Si](C)(O[Si](C)(C)C)O[Si](C)(O[Si](C)(C)C)O[Si](C)(C)C. The van der Waals surface area contributed by atoms with Crippen molar-refractivity contribution < 1.29 is 32.9 Å². The van der Waals surface area contributed by atoms with E-state index in [2.05, 4.69) is 98.2 Å². The van der Waals surface area contributed by atoms with Crippen molar-refractivity contribution in [1.82, 2.24) is 0 Å². The lowest BCUT2D eigenvalue weighted by Crippen LogP contribution is -2.67. The average molecular weight is 681 g/mol.